The fourth-order valence-electron chi connectivity index (χ4n) is 1.66. The molecule has 1 aromatic carbocycles. The molecule has 4 heteroatoms. The highest BCUT2D eigenvalue weighted by molar-refractivity contribution is 7.92. The molecule has 0 bridgehead atoms. The van der Waals surface area contributed by atoms with E-state index in [1.54, 1.807) is 24.3 Å². The highest BCUT2D eigenvalue weighted by atomic mass is 32.2. The Balaban J connectivity index is 2.25. The maximum atomic E-state index is 11.9. The molecule has 1 aromatic rings. The second-order valence-corrected chi connectivity index (χ2v) is 6.63. The van der Waals surface area contributed by atoms with Gasteiger partial charge in [0.25, 0.3) is 0 Å². The number of benzene rings is 1. The summed E-state index contributed by atoms with van der Waals surface area (Å²) in [6.07, 6.45) is 1.58. The lowest BCUT2D eigenvalue weighted by molar-refractivity contribution is 0.273. The third kappa shape index (κ3) is 2.13. The SMILES string of the molecule is CC(CO)c1ccc(S(=O)(=O)C2CC2)cc1. The highest BCUT2D eigenvalue weighted by Gasteiger charge is 2.36. The maximum absolute atomic E-state index is 11.9. The molecule has 1 saturated carbocycles. The molecule has 0 saturated heterocycles. The van der Waals surface area contributed by atoms with E-state index < -0.39 is 9.84 Å². The van der Waals surface area contributed by atoms with Crippen molar-refractivity contribution in [3.63, 3.8) is 0 Å². The average molecular weight is 240 g/mol. The van der Waals surface area contributed by atoms with Crippen LogP contribution in [0.25, 0.3) is 0 Å². The van der Waals surface area contributed by atoms with Crippen LogP contribution in [0.2, 0.25) is 0 Å². The highest BCUT2D eigenvalue weighted by Crippen LogP contribution is 2.33. The van der Waals surface area contributed by atoms with Crippen LogP contribution in [0.3, 0.4) is 0 Å². The number of rotatable bonds is 4. The van der Waals surface area contributed by atoms with Crippen molar-refractivity contribution in [2.75, 3.05) is 6.61 Å². The van der Waals surface area contributed by atoms with Gasteiger partial charge < -0.3 is 5.11 Å². The van der Waals surface area contributed by atoms with Crippen LogP contribution in [0.5, 0.6) is 0 Å². The molecule has 1 aliphatic carbocycles. The molecule has 88 valence electrons. The summed E-state index contributed by atoms with van der Waals surface area (Å²) in [5, 5.41) is 8.84. The zero-order valence-corrected chi connectivity index (χ0v) is 10.1. The summed E-state index contributed by atoms with van der Waals surface area (Å²) in [4.78, 5) is 0.406. The van der Waals surface area contributed by atoms with Crippen LogP contribution >= 0.6 is 0 Å². The monoisotopic (exact) mass is 240 g/mol. The van der Waals surface area contributed by atoms with Crippen LogP contribution in [-0.4, -0.2) is 25.4 Å². The van der Waals surface area contributed by atoms with Gasteiger partial charge in [-0.15, -0.1) is 0 Å². The molecule has 1 aliphatic rings. The van der Waals surface area contributed by atoms with Gasteiger partial charge in [-0.2, -0.15) is 0 Å². The van der Waals surface area contributed by atoms with E-state index in [1.807, 2.05) is 6.92 Å². The van der Waals surface area contributed by atoms with Crippen LogP contribution in [0.1, 0.15) is 31.2 Å². The molecular weight excluding hydrogens is 224 g/mol. The molecule has 0 heterocycles. The van der Waals surface area contributed by atoms with E-state index in [4.69, 9.17) is 5.11 Å². The van der Waals surface area contributed by atoms with Crippen LogP contribution in [0, 0.1) is 0 Å². The van der Waals surface area contributed by atoms with Gasteiger partial charge in [-0.1, -0.05) is 19.1 Å². The molecule has 1 unspecified atom stereocenters. The summed E-state index contributed by atoms with van der Waals surface area (Å²) in [5.41, 5.74) is 0.970. The predicted octanol–water partition coefficient (Wildman–Crippen LogP) is 1.72. The third-order valence-electron chi connectivity index (χ3n) is 3.01. The van der Waals surface area contributed by atoms with Gasteiger partial charge in [0.1, 0.15) is 0 Å². The fraction of sp³-hybridized carbons (Fsp3) is 0.500. The zero-order valence-electron chi connectivity index (χ0n) is 9.26. The minimum Gasteiger partial charge on any atom is -0.396 e. The predicted molar refractivity (Wildman–Crippen MR) is 62.2 cm³/mol. The van der Waals surface area contributed by atoms with E-state index in [1.165, 1.54) is 0 Å². The minimum atomic E-state index is -3.08. The Morgan fingerprint density at radius 2 is 1.88 bits per heavy atom. The minimum absolute atomic E-state index is 0.0534. The summed E-state index contributed by atoms with van der Waals surface area (Å²) >= 11 is 0. The van der Waals surface area contributed by atoms with Crippen LogP contribution < -0.4 is 0 Å². The number of hydrogen-bond donors (Lipinski definition) is 1. The van der Waals surface area contributed by atoms with Crippen LogP contribution in [-0.2, 0) is 9.84 Å². The first-order valence-electron chi connectivity index (χ1n) is 5.50. The Morgan fingerprint density at radius 3 is 2.31 bits per heavy atom. The average Bonchev–Trinajstić information content (AvgIpc) is 3.12. The summed E-state index contributed by atoms with van der Waals surface area (Å²) in [6.45, 7) is 1.99. The normalized spacial score (nSPS) is 18.4. The van der Waals surface area contributed by atoms with Crippen molar-refractivity contribution >= 4 is 9.84 Å². The maximum Gasteiger partial charge on any atom is 0.181 e. The van der Waals surface area contributed by atoms with E-state index in [0.717, 1.165) is 18.4 Å². The number of sulfone groups is 1. The summed E-state index contributed by atoms with van der Waals surface area (Å²) in [5.74, 6) is 0.0534. The Morgan fingerprint density at radius 1 is 1.31 bits per heavy atom. The largest absolute Gasteiger partial charge is 0.396 e. The first kappa shape index (κ1) is 11.6. The smallest absolute Gasteiger partial charge is 0.181 e. The second kappa shape index (κ2) is 4.18. The van der Waals surface area contributed by atoms with Gasteiger partial charge in [0.15, 0.2) is 9.84 Å². The first-order valence-corrected chi connectivity index (χ1v) is 7.05. The number of aliphatic hydroxyl groups excluding tert-OH is 1. The van der Waals surface area contributed by atoms with Gasteiger partial charge in [0.05, 0.1) is 10.1 Å². The van der Waals surface area contributed by atoms with Crippen molar-refractivity contribution in [1.29, 1.82) is 0 Å². The Kier molecular flexibility index (Phi) is 3.04. The Labute approximate surface area is 96.0 Å². The summed E-state index contributed by atoms with van der Waals surface area (Å²) in [6, 6.07) is 6.87. The zero-order chi connectivity index (χ0) is 11.8. The van der Waals surface area contributed by atoms with Gasteiger partial charge in [0.2, 0.25) is 0 Å². The molecule has 0 aliphatic heterocycles. The van der Waals surface area contributed by atoms with E-state index in [2.05, 4.69) is 0 Å². The standard InChI is InChI=1S/C12H16O3S/c1-9(8-13)10-2-4-11(5-3-10)16(14,15)12-6-7-12/h2-5,9,12-13H,6-8H2,1H3. The first-order chi connectivity index (χ1) is 7.55. The molecule has 0 spiro atoms. The van der Waals surface area contributed by atoms with Crippen molar-refractivity contribution in [1.82, 2.24) is 0 Å². The molecule has 0 amide bonds. The molecule has 0 aromatic heterocycles. The van der Waals surface area contributed by atoms with E-state index in [9.17, 15) is 8.42 Å². The summed E-state index contributed by atoms with van der Waals surface area (Å²) < 4.78 is 23.8. The molecule has 3 nitrogen and oxygen atoms in total. The Hall–Kier alpha value is -0.870. The molecule has 1 fully saturated rings. The van der Waals surface area contributed by atoms with Crippen molar-refractivity contribution in [2.45, 2.75) is 35.8 Å². The second-order valence-electron chi connectivity index (χ2n) is 4.40. The van der Waals surface area contributed by atoms with Gasteiger partial charge >= 0.3 is 0 Å². The van der Waals surface area contributed by atoms with Crippen LogP contribution in [0.4, 0.5) is 0 Å². The van der Waals surface area contributed by atoms with E-state index >= 15 is 0 Å². The molecular formula is C12H16O3S. The van der Waals surface area contributed by atoms with Crippen molar-refractivity contribution in [2.24, 2.45) is 0 Å². The molecule has 2 rings (SSSR count). The van der Waals surface area contributed by atoms with Crippen LogP contribution in [0.15, 0.2) is 29.2 Å². The fourth-order valence-corrected chi connectivity index (χ4v) is 3.32. The lowest BCUT2D eigenvalue weighted by Crippen LogP contribution is -2.07. The molecule has 1 atom stereocenters. The van der Waals surface area contributed by atoms with Gasteiger partial charge in [-0.25, -0.2) is 8.42 Å². The van der Waals surface area contributed by atoms with Crippen molar-refractivity contribution < 1.29 is 13.5 Å². The van der Waals surface area contributed by atoms with Gasteiger partial charge in [-0.3, -0.25) is 0 Å². The lowest BCUT2D eigenvalue weighted by Gasteiger charge is -2.09. The Bertz CT molecular complexity index is 458. The molecule has 0 radical (unpaired) electrons. The van der Waals surface area contributed by atoms with Crippen molar-refractivity contribution in [3.8, 4) is 0 Å². The summed E-state index contributed by atoms with van der Waals surface area (Å²) in [7, 11) is -3.08. The third-order valence-corrected chi connectivity index (χ3v) is 5.29. The van der Waals surface area contributed by atoms with Gasteiger partial charge in [-0.05, 0) is 30.5 Å². The quantitative estimate of drug-likeness (QED) is 0.871. The lowest BCUT2D eigenvalue weighted by atomic mass is 10.0. The number of aliphatic hydroxyl groups is 1. The molecule has 1 N–H and O–H groups in total. The van der Waals surface area contributed by atoms with Gasteiger partial charge in [0, 0.05) is 12.5 Å². The van der Waals surface area contributed by atoms with Crippen molar-refractivity contribution in [3.05, 3.63) is 29.8 Å². The topological polar surface area (TPSA) is 54.4 Å². The van der Waals surface area contributed by atoms with E-state index in [-0.39, 0.29) is 17.8 Å². The molecule has 16 heavy (non-hydrogen) atoms. The number of hydrogen-bond acceptors (Lipinski definition) is 3. The van der Waals surface area contributed by atoms with E-state index in [0.29, 0.717) is 4.90 Å².